The monoisotopic (exact) mass is 249 g/mol. The molecule has 0 radical (unpaired) electrons. The number of likely N-dealkylation sites (N-methyl/N-ethyl adjacent to an activating group) is 1. The van der Waals surface area contributed by atoms with Gasteiger partial charge in [-0.3, -0.25) is 9.80 Å². The summed E-state index contributed by atoms with van der Waals surface area (Å²) >= 11 is 0. The van der Waals surface area contributed by atoms with Gasteiger partial charge >= 0.3 is 0 Å². The van der Waals surface area contributed by atoms with Gasteiger partial charge in [0.1, 0.15) is 0 Å². The minimum Gasteiger partial charge on any atom is -0.298 e. The highest BCUT2D eigenvalue weighted by Gasteiger charge is 2.37. The van der Waals surface area contributed by atoms with Gasteiger partial charge in [-0.25, -0.2) is 0 Å². The van der Waals surface area contributed by atoms with E-state index >= 15 is 0 Å². The fourth-order valence-corrected chi connectivity index (χ4v) is 3.62. The molecule has 0 N–H and O–H groups in total. The molecule has 2 aliphatic rings. The zero-order valence-electron chi connectivity index (χ0n) is 12.3. The second-order valence-corrected chi connectivity index (χ2v) is 6.54. The van der Waals surface area contributed by atoms with Crippen LogP contribution in [0.25, 0.3) is 0 Å². The van der Waals surface area contributed by atoms with Crippen molar-refractivity contribution >= 4 is 0 Å². The molecule has 1 aliphatic carbocycles. The Morgan fingerprint density at radius 2 is 1.67 bits per heavy atom. The number of nitrogens with zero attached hydrogens (tertiary/aromatic N) is 3. The van der Waals surface area contributed by atoms with E-state index in [2.05, 4.69) is 43.7 Å². The molecule has 0 aromatic heterocycles. The van der Waals surface area contributed by atoms with Gasteiger partial charge in [-0.1, -0.05) is 6.92 Å². The summed E-state index contributed by atoms with van der Waals surface area (Å²) in [7, 11) is 2.22. The van der Waals surface area contributed by atoms with E-state index in [1.54, 1.807) is 0 Å². The van der Waals surface area contributed by atoms with Crippen LogP contribution in [0.2, 0.25) is 0 Å². The number of nitriles is 1. The highest BCUT2D eigenvalue weighted by molar-refractivity contribution is 4.99. The maximum atomic E-state index is 9.38. The van der Waals surface area contributed by atoms with Gasteiger partial charge in [0.15, 0.2) is 0 Å². The van der Waals surface area contributed by atoms with Crippen molar-refractivity contribution in [3.8, 4) is 6.07 Å². The summed E-state index contributed by atoms with van der Waals surface area (Å²) in [5.41, 5.74) is 0. The van der Waals surface area contributed by atoms with Crippen LogP contribution in [0, 0.1) is 23.2 Å². The molecule has 1 saturated heterocycles. The molecule has 2 fully saturated rings. The second-order valence-electron chi connectivity index (χ2n) is 6.54. The van der Waals surface area contributed by atoms with Crippen LogP contribution in [0.15, 0.2) is 0 Å². The zero-order valence-corrected chi connectivity index (χ0v) is 12.3. The molecular weight excluding hydrogens is 222 g/mol. The molecule has 1 aliphatic heterocycles. The van der Waals surface area contributed by atoms with Crippen molar-refractivity contribution in [1.82, 2.24) is 9.80 Å². The SMILES string of the molecule is CC1CCC(C#N)C(N2CC(C)N(C)C(C)C2)C1. The highest BCUT2D eigenvalue weighted by atomic mass is 15.3. The number of hydrogen-bond acceptors (Lipinski definition) is 3. The fourth-order valence-electron chi connectivity index (χ4n) is 3.62. The predicted molar refractivity (Wildman–Crippen MR) is 74.2 cm³/mol. The Balaban J connectivity index is 2.07. The van der Waals surface area contributed by atoms with Gasteiger partial charge in [0.05, 0.1) is 12.0 Å². The third-order valence-electron chi connectivity index (χ3n) is 5.10. The lowest BCUT2D eigenvalue weighted by molar-refractivity contribution is 0.00579. The average Bonchev–Trinajstić information content (AvgIpc) is 2.35. The molecule has 0 amide bonds. The van der Waals surface area contributed by atoms with E-state index in [0.717, 1.165) is 25.4 Å². The molecule has 3 heteroatoms. The van der Waals surface area contributed by atoms with E-state index in [9.17, 15) is 5.26 Å². The van der Waals surface area contributed by atoms with E-state index in [1.807, 2.05) is 0 Å². The third kappa shape index (κ3) is 2.70. The molecular formula is C15H27N3. The maximum absolute atomic E-state index is 9.38. The largest absolute Gasteiger partial charge is 0.298 e. The predicted octanol–water partition coefficient (Wildman–Crippen LogP) is 2.34. The first kappa shape index (κ1) is 13.8. The van der Waals surface area contributed by atoms with Gasteiger partial charge in [-0.2, -0.15) is 5.26 Å². The van der Waals surface area contributed by atoms with Crippen LogP contribution in [-0.2, 0) is 0 Å². The van der Waals surface area contributed by atoms with Gasteiger partial charge in [0, 0.05) is 31.2 Å². The van der Waals surface area contributed by atoms with Crippen molar-refractivity contribution in [2.45, 2.75) is 58.2 Å². The van der Waals surface area contributed by atoms with Gasteiger partial charge in [-0.15, -0.1) is 0 Å². The standard InChI is InChI=1S/C15H27N3/c1-11-5-6-14(8-16)15(7-11)18-9-12(2)17(4)13(3)10-18/h11-15H,5-7,9-10H2,1-4H3. The summed E-state index contributed by atoms with van der Waals surface area (Å²) in [5.74, 6) is 1.04. The first-order valence-corrected chi connectivity index (χ1v) is 7.38. The summed E-state index contributed by atoms with van der Waals surface area (Å²) in [5, 5.41) is 9.38. The lowest BCUT2D eigenvalue weighted by Gasteiger charge is -2.48. The van der Waals surface area contributed by atoms with E-state index in [4.69, 9.17) is 0 Å². The van der Waals surface area contributed by atoms with Crippen LogP contribution in [-0.4, -0.2) is 48.1 Å². The second kappa shape index (κ2) is 5.59. The third-order valence-corrected chi connectivity index (χ3v) is 5.10. The van der Waals surface area contributed by atoms with Gasteiger partial charge < -0.3 is 0 Å². The van der Waals surface area contributed by atoms with Crippen LogP contribution in [0.5, 0.6) is 0 Å². The van der Waals surface area contributed by atoms with Crippen molar-refractivity contribution in [1.29, 1.82) is 5.26 Å². The Morgan fingerprint density at radius 3 is 2.22 bits per heavy atom. The zero-order chi connectivity index (χ0) is 13.3. The molecule has 102 valence electrons. The molecule has 18 heavy (non-hydrogen) atoms. The summed E-state index contributed by atoms with van der Waals surface area (Å²) in [6.45, 7) is 9.18. The molecule has 3 nitrogen and oxygen atoms in total. The number of hydrogen-bond donors (Lipinski definition) is 0. The lowest BCUT2D eigenvalue weighted by atomic mass is 9.78. The van der Waals surface area contributed by atoms with Crippen molar-refractivity contribution in [2.24, 2.45) is 11.8 Å². The number of piperazine rings is 1. The van der Waals surface area contributed by atoms with E-state index in [-0.39, 0.29) is 5.92 Å². The van der Waals surface area contributed by atoms with Crippen LogP contribution in [0.3, 0.4) is 0 Å². The quantitative estimate of drug-likeness (QED) is 0.714. The summed E-state index contributed by atoms with van der Waals surface area (Å²) in [6, 6.07) is 4.26. The molecule has 0 aromatic carbocycles. The number of rotatable bonds is 1. The molecule has 1 saturated carbocycles. The van der Waals surface area contributed by atoms with Gasteiger partial charge in [-0.05, 0) is 46.1 Å². The molecule has 0 aromatic rings. The van der Waals surface area contributed by atoms with Crippen LogP contribution < -0.4 is 0 Å². The summed E-state index contributed by atoms with van der Waals surface area (Å²) in [4.78, 5) is 5.06. The van der Waals surface area contributed by atoms with Crippen molar-refractivity contribution in [2.75, 3.05) is 20.1 Å². The summed E-state index contributed by atoms with van der Waals surface area (Å²) in [6.07, 6.45) is 3.53. The average molecular weight is 249 g/mol. The Hall–Kier alpha value is -0.590. The molecule has 2 rings (SSSR count). The maximum Gasteiger partial charge on any atom is 0.0672 e. The minimum atomic E-state index is 0.254. The van der Waals surface area contributed by atoms with Gasteiger partial charge in [0.25, 0.3) is 0 Å². The minimum absolute atomic E-state index is 0.254. The molecule has 0 bridgehead atoms. The molecule has 1 heterocycles. The van der Waals surface area contributed by atoms with Crippen molar-refractivity contribution in [3.63, 3.8) is 0 Å². The first-order valence-electron chi connectivity index (χ1n) is 7.38. The van der Waals surface area contributed by atoms with Crippen molar-refractivity contribution < 1.29 is 0 Å². The van der Waals surface area contributed by atoms with E-state index in [0.29, 0.717) is 18.1 Å². The lowest BCUT2D eigenvalue weighted by Crippen LogP contribution is -2.59. The smallest absolute Gasteiger partial charge is 0.0672 e. The molecule has 0 spiro atoms. The van der Waals surface area contributed by atoms with Crippen molar-refractivity contribution in [3.05, 3.63) is 0 Å². The first-order chi connectivity index (χ1) is 8.52. The van der Waals surface area contributed by atoms with Crippen LogP contribution in [0.4, 0.5) is 0 Å². The molecule has 5 atom stereocenters. The topological polar surface area (TPSA) is 30.3 Å². The fraction of sp³-hybridized carbons (Fsp3) is 0.933. The van der Waals surface area contributed by atoms with Crippen LogP contribution in [0.1, 0.15) is 40.0 Å². The Morgan fingerprint density at radius 1 is 1.06 bits per heavy atom. The van der Waals surface area contributed by atoms with Crippen LogP contribution >= 0.6 is 0 Å². The molecule has 5 unspecified atom stereocenters. The van der Waals surface area contributed by atoms with E-state index in [1.165, 1.54) is 12.8 Å². The summed E-state index contributed by atoms with van der Waals surface area (Å²) < 4.78 is 0. The normalized spacial score (nSPS) is 43.6. The van der Waals surface area contributed by atoms with E-state index < -0.39 is 0 Å². The Labute approximate surface area is 112 Å². The Bertz CT molecular complexity index is 310. The van der Waals surface area contributed by atoms with Gasteiger partial charge in [0.2, 0.25) is 0 Å². The Kier molecular flexibility index (Phi) is 4.29. The highest BCUT2D eigenvalue weighted by Crippen LogP contribution is 2.33.